The number of hydrazine groups is 1. The number of anilines is 3. The molecule has 5 N–H and O–H groups in total. The lowest BCUT2D eigenvalue weighted by molar-refractivity contribution is -0.154. The maximum absolute atomic E-state index is 15.1. The molecular weight excluding hydrogens is 451 g/mol. The van der Waals surface area contributed by atoms with E-state index in [4.69, 9.17) is 5.73 Å². The molecule has 33 heavy (non-hydrogen) atoms. The third-order valence-corrected chi connectivity index (χ3v) is 6.30. The molecule has 1 aliphatic rings. The van der Waals surface area contributed by atoms with E-state index in [0.717, 1.165) is 25.7 Å². The van der Waals surface area contributed by atoms with Gasteiger partial charge in [-0.15, -0.1) is 11.3 Å². The highest BCUT2D eigenvalue weighted by Gasteiger charge is 2.27. The Kier molecular flexibility index (Phi) is 8.33. The molecule has 0 bridgehead atoms. The molecule has 2 aromatic rings. The fourth-order valence-corrected chi connectivity index (χ4v) is 4.55. The molecule has 1 atom stereocenters. The van der Waals surface area contributed by atoms with Crippen molar-refractivity contribution < 1.29 is 19.2 Å². The predicted molar refractivity (Wildman–Crippen MR) is 122 cm³/mol. The minimum absolute atomic E-state index is 0.0378. The topological polar surface area (TPSA) is 150 Å². The average Bonchev–Trinajstić information content (AvgIpc) is 3.44. The summed E-state index contributed by atoms with van der Waals surface area (Å²) in [5, 5.41) is 12.3. The van der Waals surface area contributed by atoms with E-state index in [1.165, 1.54) is 11.3 Å². The van der Waals surface area contributed by atoms with Gasteiger partial charge in [0.2, 0.25) is 18.1 Å². The number of amides is 2. The number of rotatable bonds is 11. The summed E-state index contributed by atoms with van der Waals surface area (Å²) < 4.78 is 15.1. The van der Waals surface area contributed by atoms with Crippen molar-refractivity contribution in [2.45, 2.75) is 45.6 Å². The summed E-state index contributed by atoms with van der Waals surface area (Å²) in [4.78, 5) is 37.6. The first kappa shape index (κ1) is 24.6. The molecule has 1 aliphatic carbocycles. The van der Waals surface area contributed by atoms with E-state index in [2.05, 4.69) is 25.8 Å². The van der Waals surface area contributed by atoms with Crippen LogP contribution in [0.5, 0.6) is 0 Å². The maximum Gasteiger partial charge on any atom is 0.243 e. The summed E-state index contributed by atoms with van der Waals surface area (Å²) >= 11 is 1.29. The number of hydrogen-bond acceptors (Lipinski definition) is 10. The maximum atomic E-state index is 15.1. The Bertz CT molecular complexity index is 969. The number of nitrogens with zero attached hydrogens (tertiary/aromatic N) is 5. The Morgan fingerprint density at radius 3 is 2.76 bits per heavy atom. The SMILES string of the molecule is Cc1nc(NNC(=O)C(CC2CCCC2)CN(O)C=O)c(F)c(N(C)Cc2csc(N)n2)n1. The second-order valence-corrected chi connectivity index (χ2v) is 9.10. The van der Waals surface area contributed by atoms with E-state index in [9.17, 15) is 14.8 Å². The predicted octanol–water partition coefficient (Wildman–Crippen LogP) is 2.09. The molecule has 0 spiro atoms. The van der Waals surface area contributed by atoms with Gasteiger partial charge >= 0.3 is 0 Å². The Morgan fingerprint density at radius 2 is 2.12 bits per heavy atom. The van der Waals surface area contributed by atoms with Crippen LogP contribution >= 0.6 is 11.3 Å². The molecule has 0 aliphatic heterocycles. The van der Waals surface area contributed by atoms with Gasteiger partial charge in [0.25, 0.3) is 0 Å². The largest absolute Gasteiger partial charge is 0.375 e. The Morgan fingerprint density at radius 1 is 1.39 bits per heavy atom. The second kappa shape index (κ2) is 11.2. The zero-order valence-corrected chi connectivity index (χ0v) is 19.4. The summed E-state index contributed by atoms with van der Waals surface area (Å²) in [6.07, 6.45) is 4.99. The smallest absolute Gasteiger partial charge is 0.243 e. The molecule has 2 aromatic heterocycles. The van der Waals surface area contributed by atoms with Crippen LogP contribution in [0.3, 0.4) is 0 Å². The molecule has 1 saturated carbocycles. The van der Waals surface area contributed by atoms with Gasteiger partial charge in [-0.05, 0) is 19.3 Å². The number of hydrogen-bond donors (Lipinski definition) is 4. The summed E-state index contributed by atoms with van der Waals surface area (Å²) in [5.74, 6) is -1.36. The number of nitrogen functional groups attached to an aromatic ring is 1. The third-order valence-electron chi connectivity index (χ3n) is 5.57. The van der Waals surface area contributed by atoms with Crippen molar-refractivity contribution in [3.05, 3.63) is 22.7 Å². The standard InChI is InChI=1S/C20H29FN8O3S/c1-12-23-17(16(21)18(24-12)28(2)9-15-10-33-20(22)25-15)26-27-19(31)14(8-29(32)11-30)7-13-5-3-4-6-13/h10-11,13-14,32H,3-9H2,1-2H3,(H2,22,25)(H,27,31)(H,23,24,26). The van der Waals surface area contributed by atoms with E-state index in [-0.39, 0.29) is 31.1 Å². The molecule has 11 nitrogen and oxygen atoms in total. The monoisotopic (exact) mass is 480 g/mol. The minimum atomic E-state index is -0.740. The van der Waals surface area contributed by atoms with Crippen LogP contribution in [0.1, 0.15) is 43.6 Å². The van der Waals surface area contributed by atoms with Gasteiger partial charge < -0.3 is 10.6 Å². The lowest BCUT2D eigenvalue weighted by Crippen LogP contribution is -2.41. The number of thiazole rings is 1. The van der Waals surface area contributed by atoms with Crippen molar-refractivity contribution in [3.8, 4) is 0 Å². The van der Waals surface area contributed by atoms with Crippen LogP contribution in [0, 0.1) is 24.6 Å². The summed E-state index contributed by atoms with van der Waals surface area (Å²) in [5.41, 5.74) is 11.3. The number of halogens is 1. The molecule has 2 amide bonds. The lowest BCUT2D eigenvalue weighted by Gasteiger charge is -2.23. The van der Waals surface area contributed by atoms with Gasteiger partial charge in [-0.2, -0.15) is 4.39 Å². The number of aryl methyl sites for hydroxylation is 1. The highest BCUT2D eigenvalue weighted by Crippen LogP contribution is 2.31. The quantitative estimate of drug-likeness (QED) is 0.215. The van der Waals surface area contributed by atoms with Gasteiger partial charge in [0.05, 0.1) is 24.7 Å². The average molecular weight is 481 g/mol. The number of aromatic nitrogens is 3. The van der Waals surface area contributed by atoms with E-state index >= 15 is 4.39 Å². The molecule has 1 fully saturated rings. The molecule has 0 aromatic carbocycles. The summed E-state index contributed by atoms with van der Waals surface area (Å²) in [7, 11) is 1.66. The molecule has 3 rings (SSSR count). The van der Waals surface area contributed by atoms with Gasteiger partial charge in [-0.25, -0.2) is 20.0 Å². The van der Waals surface area contributed by atoms with E-state index < -0.39 is 17.6 Å². The Hall–Kier alpha value is -3.06. The fourth-order valence-electron chi connectivity index (χ4n) is 4.00. The first-order chi connectivity index (χ1) is 15.8. The van der Waals surface area contributed by atoms with E-state index in [1.54, 1.807) is 24.3 Å². The van der Waals surface area contributed by atoms with Gasteiger partial charge in [-0.3, -0.25) is 25.6 Å². The van der Waals surface area contributed by atoms with Crippen LogP contribution in [-0.2, 0) is 16.1 Å². The molecule has 180 valence electrons. The van der Waals surface area contributed by atoms with Crippen LogP contribution in [-0.4, -0.2) is 51.1 Å². The van der Waals surface area contributed by atoms with Gasteiger partial charge in [0, 0.05) is 12.4 Å². The van der Waals surface area contributed by atoms with Crippen molar-refractivity contribution in [3.63, 3.8) is 0 Å². The molecule has 0 radical (unpaired) electrons. The van der Waals surface area contributed by atoms with Crippen LogP contribution < -0.4 is 21.5 Å². The number of nitrogens with one attached hydrogen (secondary N) is 2. The number of carbonyl (C=O) groups is 2. The lowest BCUT2D eigenvalue weighted by atomic mass is 9.92. The summed E-state index contributed by atoms with van der Waals surface area (Å²) in [6, 6.07) is 0. The van der Waals surface area contributed by atoms with Gasteiger partial charge in [0.15, 0.2) is 16.8 Å². The first-order valence-electron chi connectivity index (χ1n) is 10.7. The molecule has 1 unspecified atom stereocenters. The Labute approximate surface area is 195 Å². The van der Waals surface area contributed by atoms with Crippen LogP contribution in [0.15, 0.2) is 5.38 Å². The van der Waals surface area contributed by atoms with E-state index in [1.807, 2.05) is 0 Å². The molecule has 13 heteroatoms. The van der Waals surface area contributed by atoms with Gasteiger partial charge in [0.1, 0.15) is 5.82 Å². The highest BCUT2D eigenvalue weighted by atomic mass is 32.1. The minimum Gasteiger partial charge on any atom is -0.375 e. The van der Waals surface area contributed by atoms with Gasteiger partial charge in [-0.1, -0.05) is 25.7 Å². The van der Waals surface area contributed by atoms with Crippen molar-refractivity contribution >= 4 is 40.4 Å². The fraction of sp³-hybridized carbons (Fsp3) is 0.550. The second-order valence-electron chi connectivity index (χ2n) is 8.21. The van der Waals surface area contributed by atoms with Crippen LogP contribution in [0.25, 0.3) is 0 Å². The van der Waals surface area contributed by atoms with Crippen molar-refractivity contribution in [1.82, 2.24) is 25.4 Å². The number of nitrogens with two attached hydrogens (primary N) is 1. The molecular formula is C20H29FN8O3S. The number of hydroxylamine groups is 2. The normalized spacial score (nSPS) is 14.7. The molecule has 2 heterocycles. The molecule has 0 saturated heterocycles. The highest BCUT2D eigenvalue weighted by molar-refractivity contribution is 7.13. The first-order valence-corrected chi connectivity index (χ1v) is 11.6. The zero-order valence-electron chi connectivity index (χ0n) is 18.6. The number of carbonyl (C=O) groups excluding carboxylic acids is 2. The van der Waals surface area contributed by atoms with Crippen molar-refractivity contribution in [2.24, 2.45) is 11.8 Å². The van der Waals surface area contributed by atoms with Crippen LogP contribution in [0.4, 0.5) is 21.2 Å². The zero-order chi connectivity index (χ0) is 24.0. The van der Waals surface area contributed by atoms with Crippen molar-refractivity contribution in [2.75, 3.05) is 29.7 Å². The summed E-state index contributed by atoms with van der Waals surface area (Å²) in [6.45, 7) is 1.75. The third kappa shape index (κ3) is 6.71. The van der Waals surface area contributed by atoms with E-state index in [0.29, 0.717) is 34.1 Å². The van der Waals surface area contributed by atoms with Crippen LogP contribution in [0.2, 0.25) is 0 Å². The van der Waals surface area contributed by atoms with Crippen molar-refractivity contribution in [1.29, 1.82) is 0 Å². The Balaban J connectivity index is 1.69.